The molecule has 0 unspecified atom stereocenters. The van der Waals surface area contributed by atoms with Crippen LogP contribution >= 0.6 is 35.4 Å². The van der Waals surface area contributed by atoms with Crippen molar-refractivity contribution in [2.45, 2.75) is 39.0 Å². The van der Waals surface area contributed by atoms with Gasteiger partial charge in [0.15, 0.2) is 5.11 Å². The first-order valence-electron chi connectivity index (χ1n) is 6.59. The SMILES string of the molecule is CCCCCCC(=O)NC(=S)Nc1cccc(Cl)c1Cl. The zero-order chi connectivity index (χ0) is 15.0. The van der Waals surface area contributed by atoms with Gasteiger partial charge < -0.3 is 10.6 Å². The lowest BCUT2D eigenvalue weighted by Gasteiger charge is -2.11. The maximum Gasteiger partial charge on any atom is 0.226 e. The Kier molecular flexibility index (Phi) is 7.88. The molecule has 0 aliphatic rings. The van der Waals surface area contributed by atoms with Crippen LogP contribution < -0.4 is 10.6 Å². The van der Waals surface area contributed by atoms with E-state index >= 15 is 0 Å². The second-order valence-electron chi connectivity index (χ2n) is 4.41. The Labute approximate surface area is 135 Å². The van der Waals surface area contributed by atoms with Crippen molar-refractivity contribution in [1.82, 2.24) is 5.32 Å². The normalized spacial score (nSPS) is 10.2. The van der Waals surface area contributed by atoms with Gasteiger partial charge in [-0.3, -0.25) is 4.79 Å². The van der Waals surface area contributed by atoms with Crippen LogP contribution in [-0.4, -0.2) is 11.0 Å². The summed E-state index contributed by atoms with van der Waals surface area (Å²) in [6.45, 7) is 2.13. The summed E-state index contributed by atoms with van der Waals surface area (Å²) in [7, 11) is 0. The van der Waals surface area contributed by atoms with Gasteiger partial charge in [-0.25, -0.2) is 0 Å². The Hall–Kier alpha value is -0.840. The van der Waals surface area contributed by atoms with Crippen molar-refractivity contribution in [1.29, 1.82) is 0 Å². The molecule has 0 spiro atoms. The standard InChI is InChI=1S/C14H18Cl2N2OS/c1-2-3-4-5-9-12(19)18-14(20)17-11-8-6-7-10(15)13(11)16/h6-8H,2-5,9H2,1H3,(H2,17,18,19,20). The first-order chi connectivity index (χ1) is 9.54. The fourth-order valence-corrected chi connectivity index (χ4v) is 2.23. The Bertz CT molecular complexity index is 480. The molecular formula is C14H18Cl2N2OS. The van der Waals surface area contributed by atoms with E-state index in [2.05, 4.69) is 17.6 Å². The monoisotopic (exact) mass is 332 g/mol. The van der Waals surface area contributed by atoms with E-state index in [-0.39, 0.29) is 11.0 Å². The highest BCUT2D eigenvalue weighted by molar-refractivity contribution is 7.80. The number of halogens is 2. The van der Waals surface area contributed by atoms with Crippen LogP contribution in [0.2, 0.25) is 10.0 Å². The Morgan fingerprint density at radius 3 is 2.70 bits per heavy atom. The molecule has 1 amide bonds. The van der Waals surface area contributed by atoms with Crippen LogP contribution in [-0.2, 0) is 4.79 Å². The number of unbranched alkanes of at least 4 members (excludes halogenated alkanes) is 3. The van der Waals surface area contributed by atoms with Crippen molar-refractivity contribution in [2.75, 3.05) is 5.32 Å². The molecule has 0 aliphatic carbocycles. The quantitative estimate of drug-likeness (QED) is 0.582. The van der Waals surface area contributed by atoms with Gasteiger partial charge in [0.1, 0.15) is 0 Å². The predicted molar refractivity (Wildman–Crippen MR) is 89.6 cm³/mol. The summed E-state index contributed by atoms with van der Waals surface area (Å²) in [5.41, 5.74) is 0.579. The predicted octanol–water partition coefficient (Wildman–Crippen LogP) is 4.78. The third-order valence-corrected chi connectivity index (χ3v) is 3.73. The molecular weight excluding hydrogens is 315 g/mol. The van der Waals surface area contributed by atoms with E-state index in [4.69, 9.17) is 35.4 Å². The summed E-state index contributed by atoms with van der Waals surface area (Å²) >= 11 is 17.0. The molecule has 3 nitrogen and oxygen atoms in total. The molecule has 1 aromatic rings. The first-order valence-corrected chi connectivity index (χ1v) is 7.76. The van der Waals surface area contributed by atoms with Gasteiger partial charge in [-0.2, -0.15) is 0 Å². The Balaban J connectivity index is 2.39. The van der Waals surface area contributed by atoms with E-state index in [0.717, 1.165) is 25.7 Å². The lowest BCUT2D eigenvalue weighted by molar-refractivity contribution is -0.119. The average Bonchev–Trinajstić information content (AvgIpc) is 2.40. The molecule has 1 aromatic carbocycles. The minimum Gasteiger partial charge on any atom is -0.331 e. The maximum atomic E-state index is 11.7. The van der Waals surface area contributed by atoms with Crippen LogP contribution in [0.25, 0.3) is 0 Å². The molecule has 0 bridgehead atoms. The van der Waals surface area contributed by atoms with Gasteiger partial charge in [0.2, 0.25) is 5.91 Å². The van der Waals surface area contributed by atoms with Crippen molar-refractivity contribution in [3.8, 4) is 0 Å². The molecule has 0 atom stereocenters. The van der Waals surface area contributed by atoms with E-state index in [1.54, 1.807) is 18.2 Å². The second kappa shape index (κ2) is 9.16. The zero-order valence-electron chi connectivity index (χ0n) is 11.3. The lowest BCUT2D eigenvalue weighted by atomic mass is 10.1. The number of carbonyl (C=O) groups is 1. The molecule has 2 N–H and O–H groups in total. The van der Waals surface area contributed by atoms with Gasteiger partial charge >= 0.3 is 0 Å². The fraction of sp³-hybridized carbons (Fsp3) is 0.429. The summed E-state index contributed by atoms with van der Waals surface area (Å²) in [5.74, 6) is -0.0863. The van der Waals surface area contributed by atoms with E-state index in [1.165, 1.54) is 0 Å². The summed E-state index contributed by atoms with van der Waals surface area (Å²) in [6, 6.07) is 5.18. The topological polar surface area (TPSA) is 41.1 Å². The van der Waals surface area contributed by atoms with Crippen LogP contribution in [0.1, 0.15) is 39.0 Å². The molecule has 0 saturated heterocycles. The third-order valence-electron chi connectivity index (χ3n) is 2.71. The summed E-state index contributed by atoms with van der Waals surface area (Å²) < 4.78 is 0. The molecule has 0 fully saturated rings. The molecule has 0 saturated carbocycles. The molecule has 0 radical (unpaired) electrons. The van der Waals surface area contributed by atoms with Crippen LogP contribution in [0.5, 0.6) is 0 Å². The van der Waals surface area contributed by atoms with E-state index in [0.29, 0.717) is 22.2 Å². The number of hydrogen-bond donors (Lipinski definition) is 2. The number of nitrogens with one attached hydrogen (secondary N) is 2. The highest BCUT2D eigenvalue weighted by atomic mass is 35.5. The van der Waals surface area contributed by atoms with Crippen molar-refractivity contribution >= 4 is 52.1 Å². The lowest BCUT2D eigenvalue weighted by Crippen LogP contribution is -2.34. The minimum atomic E-state index is -0.0863. The smallest absolute Gasteiger partial charge is 0.226 e. The fourth-order valence-electron chi connectivity index (χ4n) is 1.66. The largest absolute Gasteiger partial charge is 0.331 e. The van der Waals surface area contributed by atoms with Crippen LogP contribution in [0, 0.1) is 0 Å². The van der Waals surface area contributed by atoms with Gasteiger partial charge in [0.05, 0.1) is 15.7 Å². The third kappa shape index (κ3) is 6.07. The van der Waals surface area contributed by atoms with Gasteiger partial charge in [-0.1, -0.05) is 55.5 Å². The van der Waals surface area contributed by atoms with Crippen molar-refractivity contribution < 1.29 is 4.79 Å². The number of thiocarbonyl (C=S) groups is 1. The Morgan fingerprint density at radius 2 is 2.00 bits per heavy atom. The van der Waals surface area contributed by atoms with E-state index in [1.807, 2.05) is 0 Å². The number of carbonyl (C=O) groups excluding carboxylic acids is 1. The molecule has 110 valence electrons. The number of rotatable bonds is 6. The van der Waals surface area contributed by atoms with Crippen LogP contribution in [0.3, 0.4) is 0 Å². The molecule has 0 aliphatic heterocycles. The van der Waals surface area contributed by atoms with Gasteiger partial charge in [-0.05, 0) is 30.8 Å². The van der Waals surface area contributed by atoms with Gasteiger partial charge in [-0.15, -0.1) is 0 Å². The molecule has 0 aromatic heterocycles. The highest BCUT2D eigenvalue weighted by Gasteiger charge is 2.08. The molecule has 1 rings (SSSR count). The van der Waals surface area contributed by atoms with Crippen LogP contribution in [0.15, 0.2) is 18.2 Å². The van der Waals surface area contributed by atoms with Crippen LogP contribution in [0.4, 0.5) is 5.69 Å². The molecule has 0 heterocycles. The average molecular weight is 333 g/mol. The number of amides is 1. The van der Waals surface area contributed by atoms with Crippen molar-refractivity contribution in [3.05, 3.63) is 28.2 Å². The van der Waals surface area contributed by atoms with E-state index < -0.39 is 0 Å². The number of anilines is 1. The molecule has 6 heteroatoms. The summed E-state index contributed by atoms with van der Waals surface area (Å²) in [4.78, 5) is 11.7. The summed E-state index contributed by atoms with van der Waals surface area (Å²) in [6.07, 6.45) is 4.71. The molecule has 20 heavy (non-hydrogen) atoms. The van der Waals surface area contributed by atoms with Crippen molar-refractivity contribution in [3.63, 3.8) is 0 Å². The first kappa shape index (κ1) is 17.2. The minimum absolute atomic E-state index is 0.0863. The highest BCUT2D eigenvalue weighted by Crippen LogP contribution is 2.29. The number of benzene rings is 1. The van der Waals surface area contributed by atoms with Crippen molar-refractivity contribution in [2.24, 2.45) is 0 Å². The zero-order valence-corrected chi connectivity index (χ0v) is 13.7. The summed E-state index contributed by atoms with van der Waals surface area (Å²) in [5, 5.41) is 6.55. The van der Waals surface area contributed by atoms with Gasteiger partial charge in [0.25, 0.3) is 0 Å². The van der Waals surface area contributed by atoms with Gasteiger partial charge in [0, 0.05) is 6.42 Å². The second-order valence-corrected chi connectivity index (χ2v) is 5.61. The number of hydrogen-bond acceptors (Lipinski definition) is 2. The maximum absolute atomic E-state index is 11.7. The Morgan fingerprint density at radius 1 is 1.25 bits per heavy atom. The van der Waals surface area contributed by atoms with E-state index in [9.17, 15) is 4.79 Å².